The molecule has 0 saturated carbocycles. The van der Waals surface area contributed by atoms with Crippen molar-refractivity contribution in [3.05, 3.63) is 41.4 Å². The molecule has 0 aromatic heterocycles. The highest BCUT2D eigenvalue weighted by atomic mass is 19.1. The SMILES string of the molecule is CCOC(=O)C1=C(COC(=O)[C@@H]2CC(=O)N(c3ccccc3F)C2)NC(=O)NC1. The van der Waals surface area contributed by atoms with Crippen LogP contribution in [-0.2, 0) is 23.9 Å². The second-order valence-electron chi connectivity index (χ2n) is 6.45. The molecule has 3 rings (SSSR count). The third-order valence-corrected chi connectivity index (χ3v) is 4.54. The molecule has 154 valence electrons. The highest BCUT2D eigenvalue weighted by Gasteiger charge is 2.37. The number of hydrogen-bond acceptors (Lipinski definition) is 6. The minimum absolute atomic E-state index is 0.0176. The zero-order valence-electron chi connectivity index (χ0n) is 15.7. The molecule has 2 aliphatic heterocycles. The second kappa shape index (κ2) is 8.72. The number of halogens is 1. The van der Waals surface area contributed by atoms with E-state index in [1.807, 2.05) is 0 Å². The fourth-order valence-electron chi connectivity index (χ4n) is 3.10. The Morgan fingerprint density at radius 3 is 2.72 bits per heavy atom. The lowest BCUT2D eigenvalue weighted by molar-refractivity contribution is -0.147. The van der Waals surface area contributed by atoms with Crippen LogP contribution in [0, 0.1) is 11.7 Å². The van der Waals surface area contributed by atoms with Gasteiger partial charge in [-0.1, -0.05) is 12.1 Å². The standard InChI is InChI=1S/C19H20FN3O6/c1-2-28-18(26)12-8-21-19(27)22-14(12)10-29-17(25)11-7-16(24)23(9-11)15-6-4-3-5-13(15)20/h3-6,11H,2,7-10H2,1H3,(H2,21,22,27)/t11-/m1/s1. The van der Waals surface area contributed by atoms with Crippen molar-refractivity contribution in [2.75, 3.05) is 31.2 Å². The highest BCUT2D eigenvalue weighted by molar-refractivity contribution is 5.99. The van der Waals surface area contributed by atoms with Gasteiger partial charge in [-0.3, -0.25) is 9.59 Å². The van der Waals surface area contributed by atoms with Gasteiger partial charge >= 0.3 is 18.0 Å². The van der Waals surface area contributed by atoms with Crippen molar-refractivity contribution in [1.29, 1.82) is 0 Å². The van der Waals surface area contributed by atoms with Crippen LogP contribution in [0.1, 0.15) is 13.3 Å². The predicted molar refractivity (Wildman–Crippen MR) is 98.0 cm³/mol. The van der Waals surface area contributed by atoms with Crippen LogP contribution >= 0.6 is 0 Å². The summed E-state index contributed by atoms with van der Waals surface area (Å²) in [5.74, 6) is -3.05. The number of esters is 2. The van der Waals surface area contributed by atoms with E-state index in [-0.39, 0.29) is 49.7 Å². The number of carbonyl (C=O) groups is 4. The predicted octanol–water partition coefficient (Wildman–Crippen LogP) is 0.852. The number of para-hydroxylation sites is 1. The highest BCUT2D eigenvalue weighted by Crippen LogP contribution is 2.28. The van der Waals surface area contributed by atoms with Gasteiger partial charge in [0.1, 0.15) is 12.4 Å². The maximum atomic E-state index is 13.9. The summed E-state index contributed by atoms with van der Waals surface area (Å²) in [6, 6.07) is 5.26. The number of nitrogens with one attached hydrogen (secondary N) is 2. The topological polar surface area (TPSA) is 114 Å². The van der Waals surface area contributed by atoms with E-state index in [1.165, 1.54) is 23.1 Å². The maximum absolute atomic E-state index is 13.9. The minimum atomic E-state index is -0.786. The molecule has 0 bridgehead atoms. The molecule has 1 atom stereocenters. The van der Waals surface area contributed by atoms with Crippen LogP contribution in [0.5, 0.6) is 0 Å². The van der Waals surface area contributed by atoms with Crippen molar-refractivity contribution < 1.29 is 33.0 Å². The smallest absolute Gasteiger partial charge is 0.337 e. The maximum Gasteiger partial charge on any atom is 0.337 e. The van der Waals surface area contributed by atoms with Gasteiger partial charge in [-0.05, 0) is 19.1 Å². The number of carbonyl (C=O) groups excluding carboxylic acids is 4. The summed E-state index contributed by atoms with van der Waals surface area (Å²) in [6.07, 6.45) is -0.120. The molecule has 10 heteroatoms. The summed E-state index contributed by atoms with van der Waals surface area (Å²) in [6.45, 7) is 1.37. The number of ether oxygens (including phenoxy) is 2. The normalized spacial score (nSPS) is 19.0. The molecule has 1 fully saturated rings. The lowest BCUT2D eigenvalue weighted by Gasteiger charge is -2.21. The molecule has 1 aromatic rings. The quantitative estimate of drug-likeness (QED) is 0.679. The zero-order valence-corrected chi connectivity index (χ0v) is 15.7. The number of urea groups is 1. The number of amides is 3. The molecule has 2 aliphatic rings. The van der Waals surface area contributed by atoms with E-state index in [0.29, 0.717) is 0 Å². The van der Waals surface area contributed by atoms with E-state index < -0.39 is 35.6 Å². The van der Waals surface area contributed by atoms with Crippen LogP contribution in [0.3, 0.4) is 0 Å². The second-order valence-corrected chi connectivity index (χ2v) is 6.45. The minimum Gasteiger partial charge on any atom is -0.463 e. The molecule has 0 spiro atoms. The first-order valence-electron chi connectivity index (χ1n) is 9.06. The van der Waals surface area contributed by atoms with Gasteiger partial charge in [0.2, 0.25) is 5.91 Å². The van der Waals surface area contributed by atoms with Crippen molar-refractivity contribution >= 4 is 29.6 Å². The average molecular weight is 405 g/mol. The monoisotopic (exact) mass is 405 g/mol. The molecule has 29 heavy (non-hydrogen) atoms. The van der Waals surface area contributed by atoms with E-state index in [9.17, 15) is 23.6 Å². The van der Waals surface area contributed by atoms with Crippen LogP contribution in [0.2, 0.25) is 0 Å². The van der Waals surface area contributed by atoms with Crippen molar-refractivity contribution in [1.82, 2.24) is 10.6 Å². The molecule has 0 unspecified atom stereocenters. The van der Waals surface area contributed by atoms with Crippen LogP contribution in [0.4, 0.5) is 14.9 Å². The third kappa shape index (κ3) is 4.53. The van der Waals surface area contributed by atoms with E-state index in [1.54, 1.807) is 13.0 Å². The van der Waals surface area contributed by atoms with Crippen molar-refractivity contribution in [3.63, 3.8) is 0 Å². The molecule has 0 radical (unpaired) electrons. The van der Waals surface area contributed by atoms with E-state index in [0.717, 1.165) is 0 Å². The molecule has 1 saturated heterocycles. The Hall–Kier alpha value is -3.43. The van der Waals surface area contributed by atoms with Crippen molar-refractivity contribution in [3.8, 4) is 0 Å². The lowest BCUT2D eigenvalue weighted by atomic mass is 10.1. The summed E-state index contributed by atoms with van der Waals surface area (Å²) in [5.41, 5.74) is 0.372. The number of hydrogen-bond donors (Lipinski definition) is 2. The van der Waals surface area contributed by atoms with Gasteiger partial charge in [-0.15, -0.1) is 0 Å². The average Bonchev–Trinajstić information content (AvgIpc) is 3.08. The van der Waals surface area contributed by atoms with Crippen LogP contribution in [0.25, 0.3) is 0 Å². The van der Waals surface area contributed by atoms with Gasteiger partial charge in [0.15, 0.2) is 0 Å². The fraction of sp³-hybridized carbons (Fsp3) is 0.368. The lowest BCUT2D eigenvalue weighted by Crippen LogP contribution is -2.45. The summed E-state index contributed by atoms with van der Waals surface area (Å²) in [5, 5.41) is 4.87. The summed E-state index contributed by atoms with van der Waals surface area (Å²) in [7, 11) is 0. The van der Waals surface area contributed by atoms with Crippen LogP contribution < -0.4 is 15.5 Å². The van der Waals surface area contributed by atoms with Gasteiger partial charge < -0.3 is 25.0 Å². The molecular formula is C19H20FN3O6. The molecule has 9 nitrogen and oxygen atoms in total. The number of anilines is 1. The molecule has 2 N–H and O–H groups in total. The summed E-state index contributed by atoms with van der Waals surface area (Å²) < 4.78 is 24.1. The largest absolute Gasteiger partial charge is 0.463 e. The number of benzene rings is 1. The van der Waals surface area contributed by atoms with Gasteiger partial charge in [-0.25, -0.2) is 14.0 Å². The fourth-order valence-corrected chi connectivity index (χ4v) is 3.10. The zero-order chi connectivity index (χ0) is 21.0. The Kier molecular flexibility index (Phi) is 6.10. The molecular weight excluding hydrogens is 385 g/mol. The van der Waals surface area contributed by atoms with Gasteiger partial charge in [-0.2, -0.15) is 0 Å². The molecule has 0 aliphatic carbocycles. The Labute approximate surface area is 165 Å². The molecule has 3 amide bonds. The first kappa shape index (κ1) is 20.3. The Balaban J connectivity index is 1.66. The van der Waals surface area contributed by atoms with Crippen LogP contribution in [-0.4, -0.2) is 50.2 Å². The summed E-state index contributed by atoms with van der Waals surface area (Å²) in [4.78, 5) is 49.4. The van der Waals surface area contributed by atoms with Crippen LogP contribution in [0.15, 0.2) is 35.5 Å². The first-order chi connectivity index (χ1) is 13.9. The first-order valence-corrected chi connectivity index (χ1v) is 9.06. The van der Waals surface area contributed by atoms with E-state index in [4.69, 9.17) is 9.47 Å². The number of rotatable bonds is 6. The Morgan fingerprint density at radius 1 is 1.24 bits per heavy atom. The van der Waals surface area contributed by atoms with Gasteiger partial charge in [0.25, 0.3) is 0 Å². The molecule has 1 aromatic carbocycles. The van der Waals surface area contributed by atoms with E-state index in [2.05, 4.69) is 10.6 Å². The van der Waals surface area contributed by atoms with E-state index >= 15 is 0 Å². The summed E-state index contributed by atoms with van der Waals surface area (Å²) >= 11 is 0. The molecule has 2 heterocycles. The Morgan fingerprint density at radius 2 is 2.00 bits per heavy atom. The third-order valence-electron chi connectivity index (χ3n) is 4.54. The van der Waals surface area contributed by atoms with Crippen molar-refractivity contribution in [2.45, 2.75) is 13.3 Å². The number of nitrogens with zero attached hydrogens (tertiary/aromatic N) is 1. The van der Waals surface area contributed by atoms with Gasteiger partial charge in [0.05, 0.1) is 36.0 Å². The van der Waals surface area contributed by atoms with Gasteiger partial charge in [0, 0.05) is 13.0 Å². The Bertz CT molecular complexity index is 884. The van der Waals surface area contributed by atoms with Crippen molar-refractivity contribution in [2.24, 2.45) is 5.92 Å².